The fraction of sp³-hybridized carbons (Fsp3) is 0.375. The molecule has 0 amide bonds. The van der Waals surface area contributed by atoms with Gasteiger partial charge in [0.05, 0.1) is 0 Å². The van der Waals surface area contributed by atoms with Crippen molar-refractivity contribution in [2.45, 2.75) is 6.92 Å². The lowest BCUT2D eigenvalue weighted by atomic mass is 10.1. The van der Waals surface area contributed by atoms with Gasteiger partial charge in [0, 0.05) is 44.9 Å². The van der Waals surface area contributed by atoms with Gasteiger partial charge < -0.3 is 14.2 Å². The minimum atomic E-state index is 0.690. The Hall–Kier alpha value is -1.92. The third kappa shape index (κ3) is 2.28. The van der Waals surface area contributed by atoms with Gasteiger partial charge in [0.2, 0.25) is 0 Å². The topological polar surface area (TPSA) is 45.4 Å². The van der Waals surface area contributed by atoms with Crippen molar-refractivity contribution >= 4 is 28.3 Å². The molecule has 0 aromatic carbocycles. The molecule has 5 nitrogen and oxygen atoms in total. The summed E-state index contributed by atoms with van der Waals surface area (Å²) < 4.78 is 5.89. The summed E-state index contributed by atoms with van der Waals surface area (Å²) in [6.07, 6.45) is 1.92. The molecule has 0 bridgehead atoms. The lowest BCUT2D eigenvalue weighted by Gasteiger charge is -2.33. The van der Waals surface area contributed by atoms with Crippen LogP contribution in [0.2, 0.25) is 0 Å². The van der Waals surface area contributed by atoms with Gasteiger partial charge in [-0.25, -0.2) is 9.97 Å². The Bertz CT molecular complexity index is 788. The lowest BCUT2D eigenvalue weighted by Crippen LogP contribution is -2.44. The molecule has 1 saturated heterocycles. The zero-order valence-electron chi connectivity index (χ0n) is 12.7. The van der Waals surface area contributed by atoms with Crippen LogP contribution in [0.3, 0.4) is 0 Å². The minimum Gasteiger partial charge on any atom is -0.440 e. The summed E-state index contributed by atoms with van der Waals surface area (Å²) in [5.41, 5.74) is 3.89. The van der Waals surface area contributed by atoms with Crippen LogP contribution in [0, 0.1) is 6.92 Å². The van der Waals surface area contributed by atoms with Gasteiger partial charge in [-0.05, 0) is 29.4 Å². The number of rotatable bonds is 2. The number of hydrogen-bond donors (Lipinski definition) is 0. The number of oxazole rings is 1. The number of fused-ring (bicyclic) bond motifs is 1. The van der Waals surface area contributed by atoms with E-state index < -0.39 is 0 Å². The molecule has 0 radical (unpaired) electrons. The molecule has 6 heteroatoms. The number of nitrogens with zero attached hydrogens (tertiary/aromatic N) is 4. The number of aryl methyl sites for hydroxylation is 1. The van der Waals surface area contributed by atoms with E-state index in [9.17, 15) is 0 Å². The van der Waals surface area contributed by atoms with Crippen molar-refractivity contribution in [2.24, 2.45) is 0 Å². The van der Waals surface area contributed by atoms with E-state index in [0.717, 1.165) is 54.2 Å². The zero-order valence-corrected chi connectivity index (χ0v) is 13.6. The second-order valence-electron chi connectivity index (χ2n) is 5.71. The summed E-state index contributed by atoms with van der Waals surface area (Å²) in [6, 6.07) is 2.09. The van der Waals surface area contributed by atoms with Crippen LogP contribution in [-0.2, 0) is 0 Å². The average Bonchev–Trinajstić information content (AvgIpc) is 3.15. The highest BCUT2D eigenvalue weighted by Crippen LogP contribution is 2.34. The summed E-state index contributed by atoms with van der Waals surface area (Å²) in [5, 5.41) is 4.18. The van der Waals surface area contributed by atoms with Gasteiger partial charge in [0.15, 0.2) is 22.8 Å². The number of thiophene rings is 1. The van der Waals surface area contributed by atoms with E-state index in [4.69, 9.17) is 9.40 Å². The maximum atomic E-state index is 5.89. The van der Waals surface area contributed by atoms with Crippen LogP contribution >= 0.6 is 11.3 Å². The van der Waals surface area contributed by atoms with E-state index in [0.29, 0.717) is 5.89 Å². The van der Waals surface area contributed by atoms with Gasteiger partial charge in [0.25, 0.3) is 0 Å². The SMILES string of the molecule is Cc1nc2c(N3CCN(C)CC3)ncc(-c3ccsc3)c2o1. The Labute approximate surface area is 133 Å². The van der Waals surface area contributed by atoms with Crippen LogP contribution in [0.25, 0.3) is 22.2 Å². The number of piperazine rings is 1. The van der Waals surface area contributed by atoms with Crippen molar-refractivity contribution in [3.63, 3.8) is 0 Å². The van der Waals surface area contributed by atoms with E-state index in [1.807, 2.05) is 13.1 Å². The van der Waals surface area contributed by atoms with Crippen LogP contribution in [0.1, 0.15) is 5.89 Å². The average molecular weight is 314 g/mol. The molecule has 4 heterocycles. The highest BCUT2D eigenvalue weighted by atomic mass is 32.1. The first kappa shape index (κ1) is 13.7. The monoisotopic (exact) mass is 314 g/mol. The fourth-order valence-corrected chi connectivity index (χ4v) is 3.54. The van der Waals surface area contributed by atoms with E-state index >= 15 is 0 Å². The Morgan fingerprint density at radius 2 is 2.05 bits per heavy atom. The Morgan fingerprint density at radius 3 is 2.77 bits per heavy atom. The Balaban J connectivity index is 1.82. The predicted molar refractivity (Wildman–Crippen MR) is 89.6 cm³/mol. The molecule has 0 N–H and O–H groups in total. The van der Waals surface area contributed by atoms with Crippen molar-refractivity contribution in [1.82, 2.24) is 14.9 Å². The van der Waals surface area contributed by atoms with Crippen LogP contribution in [-0.4, -0.2) is 48.1 Å². The number of likely N-dealkylation sites (N-methyl/N-ethyl adjacent to an activating group) is 1. The summed E-state index contributed by atoms with van der Waals surface area (Å²) in [6.45, 7) is 5.94. The van der Waals surface area contributed by atoms with E-state index in [1.54, 1.807) is 11.3 Å². The van der Waals surface area contributed by atoms with Gasteiger partial charge in [-0.1, -0.05) is 0 Å². The third-order valence-corrected chi connectivity index (χ3v) is 4.82. The normalized spacial score (nSPS) is 16.5. The zero-order chi connectivity index (χ0) is 15.1. The second-order valence-corrected chi connectivity index (χ2v) is 6.49. The second kappa shape index (κ2) is 5.37. The minimum absolute atomic E-state index is 0.690. The first-order chi connectivity index (χ1) is 10.7. The van der Waals surface area contributed by atoms with Crippen LogP contribution < -0.4 is 4.90 Å². The molecule has 0 saturated carbocycles. The quantitative estimate of drug-likeness (QED) is 0.727. The van der Waals surface area contributed by atoms with Crippen LogP contribution in [0.4, 0.5) is 5.82 Å². The smallest absolute Gasteiger partial charge is 0.192 e. The first-order valence-corrected chi connectivity index (χ1v) is 8.39. The van der Waals surface area contributed by atoms with E-state index in [1.165, 1.54) is 0 Å². The predicted octanol–water partition coefficient (Wildman–Crippen LogP) is 3.01. The van der Waals surface area contributed by atoms with Gasteiger partial charge in [-0.15, -0.1) is 0 Å². The standard InChI is InChI=1S/C16H18N4OS/c1-11-18-14-15(21-11)13(12-3-8-22-10-12)9-17-16(14)20-6-4-19(2)5-7-20/h3,8-10H,4-7H2,1-2H3. The van der Waals surface area contributed by atoms with Crippen molar-refractivity contribution in [3.05, 3.63) is 28.9 Å². The molecule has 22 heavy (non-hydrogen) atoms. The number of pyridine rings is 1. The lowest BCUT2D eigenvalue weighted by molar-refractivity contribution is 0.312. The van der Waals surface area contributed by atoms with Gasteiger partial charge >= 0.3 is 0 Å². The number of hydrogen-bond acceptors (Lipinski definition) is 6. The molecule has 0 atom stereocenters. The van der Waals surface area contributed by atoms with E-state index in [-0.39, 0.29) is 0 Å². The van der Waals surface area contributed by atoms with Gasteiger partial charge in [-0.2, -0.15) is 11.3 Å². The maximum Gasteiger partial charge on any atom is 0.192 e. The summed E-state index contributed by atoms with van der Waals surface area (Å²) in [7, 11) is 2.15. The van der Waals surface area contributed by atoms with Crippen LogP contribution in [0.5, 0.6) is 0 Å². The molecule has 1 aliphatic rings. The van der Waals surface area contributed by atoms with Crippen molar-refractivity contribution in [1.29, 1.82) is 0 Å². The Morgan fingerprint density at radius 1 is 1.23 bits per heavy atom. The largest absolute Gasteiger partial charge is 0.440 e. The molecule has 0 unspecified atom stereocenters. The maximum absolute atomic E-state index is 5.89. The fourth-order valence-electron chi connectivity index (χ4n) is 2.88. The molecule has 1 fully saturated rings. The first-order valence-electron chi connectivity index (χ1n) is 7.44. The van der Waals surface area contributed by atoms with Crippen molar-refractivity contribution in [3.8, 4) is 11.1 Å². The van der Waals surface area contributed by atoms with Gasteiger partial charge in [0.1, 0.15) is 0 Å². The summed E-state index contributed by atoms with van der Waals surface area (Å²) in [4.78, 5) is 14.0. The molecule has 3 aromatic rings. The molecule has 3 aromatic heterocycles. The number of aromatic nitrogens is 2. The summed E-state index contributed by atoms with van der Waals surface area (Å²) >= 11 is 1.68. The van der Waals surface area contributed by atoms with E-state index in [2.05, 4.69) is 38.7 Å². The number of anilines is 1. The highest BCUT2D eigenvalue weighted by molar-refractivity contribution is 7.08. The van der Waals surface area contributed by atoms with Crippen molar-refractivity contribution < 1.29 is 4.42 Å². The molecular weight excluding hydrogens is 296 g/mol. The van der Waals surface area contributed by atoms with Crippen molar-refractivity contribution in [2.75, 3.05) is 38.1 Å². The third-order valence-electron chi connectivity index (χ3n) is 4.14. The summed E-state index contributed by atoms with van der Waals surface area (Å²) in [5.74, 6) is 1.63. The Kier molecular flexibility index (Phi) is 3.35. The highest BCUT2D eigenvalue weighted by Gasteiger charge is 2.22. The molecule has 0 aliphatic carbocycles. The molecule has 0 spiro atoms. The molecule has 4 rings (SSSR count). The molecule has 114 valence electrons. The van der Waals surface area contributed by atoms with Gasteiger partial charge in [-0.3, -0.25) is 0 Å². The molecule has 1 aliphatic heterocycles. The molecular formula is C16H18N4OS. The van der Waals surface area contributed by atoms with Crippen LogP contribution in [0.15, 0.2) is 27.4 Å².